The highest BCUT2D eigenvalue weighted by atomic mass is 16.1. The number of benzene rings is 1. The lowest BCUT2D eigenvalue weighted by molar-refractivity contribution is -0.120. The molecule has 108 valence electrons. The molecule has 1 aromatic heterocycles. The monoisotopic (exact) mass is 283 g/mol. The number of nitrogens with one attached hydrogen (secondary N) is 2. The van der Waals surface area contributed by atoms with E-state index in [1.165, 1.54) is 0 Å². The van der Waals surface area contributed by atoms with E-state index in [9.17, 15) is 4.79 Å². The predicted molar refractivity (Wildman–Crippen MR) is 76.8 cm³/mol. The van der Waals surface area contributed by atoms with Gasteiger partial charge >= 0.3 is 0 Å². The minimum absolute atomic E-state index is 0.117. The van der Waals surface area contributed by atoms with Gasteiger partial charge in [0.15, 0.2) is 0 Å². The van der Waals surface area contributed by atoms with Crippen LogP contribution in [0.2, 0.25) is 0 Å². The molecule has 0 bridgehead atoms. The van der Waals surface area contributed by atoms with E-state index in [-0.39, 0.29) is 5.91 Å². The van der Waals surface area contributed by atoms with Crippen LogP contribution < -0.4 is 10.6 Å². The lowest BCUT2D eigenvalue weighted by atomic mass is 10.1. The highest BCUT2D eigenvalue weighted by Gasteiger charge is 2.53. The van der Waals surface area contributed by atoms with Crippen molar-refractivity contribution in [1.82, 2.24) is 25.4 Å². The molecule has 0 radical (unpaired) electrons. The van der Waals surface area contributed by atoms with E-state index in [0.29, 0.717) is 24.3 Å². The molecule has 2 N–H and O–H groups in total. The molecule has 2 aliphatic rings. The molecule has 1 unspecified atom stereocenters. The summed E-state index contributed by atoms with van der Waals surface area (Å²) in [7, 11) is 0. The number of amides is 1. The molecule has 1 aliphatic heterocycles. The summed E-state index contributed by atoms with van der Waals surface area (Å²) in [5.41, 5.74) is 2.01. The largest absolute Gasteiger partial charge is 0.352 e. The van der Waals surface area contributed by atoms with Gasteiger partial charge in [-0.25, -0.2) is 0 Å². The second-order valence-electron chi connectivity index (χ2n) is 5.79. The zero-order chi connectivity index (χ0) is 14.2. The zero-order valence-electron chi connectivity index (χ0n) is 11.6. The summed E-state index contributed by atoms with van der Waals surface area (Å²) in [6.45, 7) is 2.09. The summed E-state index contributed by atoms with van der Waals surface area (Å²) >= 11 is 0. The summed E-state index contributed by atoms with van der Waals surface area (Å²) in [5, 5.41) is 14.0. The average Bonchev–Trinajstić information content (AvgIpc) is 2.98. The van der Waals surface area contributed by atoms with Crippen LogP contribution in [0.25, 0.3) is 5.69 Å². The average molecular weight is 283 g/mol. The quantitative estimate of drug-likeness (QED) is 0.837. The maximum absolute atomic E-state index is 12.1. The zero-order valence-corrected chi connectivity index (χ0v) is 11.6. The SMILES string of the molecule is O=C(Cc1ccc(-n2cnnc2)cc1)NC1[C@H]2CNC[C@@H]12. The number of aromatic nitrogens is 3. The van der Waals surface area contributed by atoms with Crippen molar-refractivity contribution in [2.75, 3.05) is 13.1 Å². The number of fused-ring (bicyclic) bond motifs is 1. The molecule has 1 aromatic carbocycles. The molecule has 0 spiro atoms. The number of piperidine rings is 1. The standard InChI is InChI=1S/C15H17N5O/c21-14(19-15-12-6-16-7-13(12)15)5-10-1-3-11(4-2-10)20-8-17-18-9-20/h1-4,8-9,12-13,15-16H,5-7H2,(H,19,21)/t12-,13+,15?. The Morgan fingerprint density at radius 3 is 2.52 bits per heavy atom. The lowest BCUT2D eigenvalue weighted by Crippen LogP contribution is -2.33. The third-order valence-electron chi connectivity index (χ3n) is 4.44. The van der Waals surface area contributed by atoms with Gasteiger partial charge in [0.2, 0.25) is 5.91 Å². The van der Waals surface area contributed by atoms with Gasteiger partial charge < -0.3 is 10.6 Å². The topological polar surface area (TPSA) is 71.8 Å². The van der Waals surface area contributed by atoms with Crippen LogP contribution in [0.1, 0.15) is 5.56 Å². The first-order valence-corrected chi connectivity index (χ1v) is 7.25. The molecule has 1 saturated carbocycles. The fourth-order valence-electron chi connectivity index (χ4n) is 3.17. The Morgan fingerprint density at radius 1 is 1.19 bits per heavy atom. The van der Waals surface area contributed by atoms with Crippen LogP contribution in [0.15, 0.2) is 36.9 Å². The van der Waals surface area contributed by atoms with Crippen LogP contribution in [-0.4, -0.2) is 39.8 Å². The molecular weight excluding hydrogens is 266 g/mol. The van der Waals surface area contributed by atoms with Gasteiger partial charge in [-0.2, -0.15) is 0 Å². The normalized spacial score (nSPS) is 26.4. The van der Waals surface area contributed by atoms with E-state index in [1.807, 2.05) is 28.8 Å². The minimum atomic E-state index is 0.117. The number of hydrogen-bond acceptors (Lipinski definition) is 4. The van der Waals surface area contributed by atoms with E-state index in [0.717, 1.165) is 24.3 Å². The number of rotatable bonds is 4. The smallest absolute Gasteiger partial charge is 0.224 e. The fraction of sp³-hybridized carbons (Fsp3) is 0.400. The Kier molecular flexibility index (Phi) is 2.96. The molecule has 6 heteroatoms. The third kappa shape index (κ3) is 2.42. The predicted octanol–water partition coefficient (Wildman–Crippen LogP) is 0.144. The van der Waals surface area contributed by atoms with Crippen LogP contribution in [0, 0.1) is 11.8 Å². The second-order valence-corrected chi connectivity index (χ2v) is 5.79. The molecule has 6 nitrogen and oxygen atoms in total. The van der Waals surface area contributed by atoms with Gasteiger partial charge in [0.25, 0.3) is 0 Å². The van der Waals surface area contributed by atoms with Crippen LogP contribution >= 0.6 is 0 Å². The van der Waals surface area contributed by atoms with Crippen molar-refractivity contribution in [3.8, 4) is 5.69 Å². The van der Waals surface area contributed by atoms with Gasteiger partial charge in [-0.15, -0.1) is 10.2 Å². The van der Waals surface area contributed by atoms with Crippen molar-refractivity contribution in [2.45, 2.75) is 12.5 Å². The summed E-state index contributed by atoms with van der Waals surface area (Å²) in [4.78, 5) is 12.1. The van der Waals surface area contributed by atoms with Crippen molar-refractivity contribution in [1.29, 1.82) is 0 Å². The van der Waals surface area contributed by atoms with Gasteiger partial charge in [-0.1, -0.05) is 12.1 Å². The molecule has 1 aliphatic carbocycles. The molecule has 1 saturated heterocycles. The van der Waals surface area contributed by atoms with E-state index in [1.54, 1.807) is 12.7 Å². The molecule has 1 amide bonds. The number of carbonyl (C=O) groups is 1. The number of carbonyl (C=O) groups excluding carboxylic acids is 1. The van der Waals surface area contributed by atoms with Gasteiger partial charge in [0.05, 0.1) is 6.42 Å². The molecule has 4 rings (SSSR count). The van der Waals surface area contributed by atoms with Crippen molar-refractivity contribution >= 4 is 5.91 Å². The van der Waals surface area contributed by atoms with Gasteiger partial charge in [0.1, 0.15) is 12.7 Å². The first-order chi connectivity index (χ1) is 10.3. The first kappa shape index (κ1) is 12.5. The summed E-state index contributed by atoms with van der Waals surface area (Å²) in [6, 6.07) is 8.30. The molecule has 2 aromatic rings. The van der Waals surface area contributed by atoms with E-state index in [2.05, 4.69) is 20.8 Å². The number of nitrogens with zero attached hydrogens (tertiary/aromatic N) is 3. The fourth-order valence-corrected chi connectivity index (χ4v) is 3.17. The maximum Gasteiger partial charge on any atom is 0.224 e. The molecular formula is C15H17N5O. The van der Waals surface area contributed by atoms with E-state index < -0.39 is 0 Å². The Bertz CT molecular complexity index is 627. The van der Waals surface area contributed by atoms with Gasteiger partial charge in [-0.05, 0) is 29.5 Å². The molecule has 2 fully saturated rings. The van der Waals surface area contributed by atoms with Crippen LogP contribution in [-0.2, 0) is 11.2 Å². The van der Waals surface area contributed by atoms with E-state index in [4.69, 9.17) is 0 Å². The van der Waals surface area contributed by atoms with Crippen molar-refractivity contribution in [3.63, 3.8) is 0 Å². The lowest BCUT2D eigenvalue weighted by Gasteiger charge is -2.08. The van der Waals surface area contributed by atoms with E-state index >= 15 is 0 Å². The Hall–Kier alpha value is -2.21. The Labute approximate surface area is 122 Å². The summed E-state index contributed by atoms with van der Waals surface area (Å²) in [5.74, 6) is 1.43. The van der Waals surface area contributed by atoms with Crippen LogP contribution in [0.5, 0.6) is 0 Å². The molecule has 3 atom stereocenters. The van der Waals surface area contributed by atoms with Crippen molar-refractivity contribution in [3.05, 3.63) is 42.5 Å². The van der Waals surface area contributed by atoms with Gasteiger partial charge in [0, 0.05) is 24.8 Å². The third-order valence-corrected chi connectivity index (χ3v) is 4.44. The Morgan fingerprint density at radius 2 is 1.86 bits per heavy atom. The molecule has 21 heavy (non-hydrogen) atoms. The van der Waals surface area contributed by atoms with Crippen LogP contribution in [0.3, 0.4) is 0 Å². The molecule has 2 heterocycles. The Balaban J connectivity index is 1.35. The van der Waals surface area contributed by atoms with Crippen molar-refractivity contribution < 1.29 is 4.79 Å². The highest BCUT2D eigenvalue weighted by Crippen LogP contribution is 2.41. The van der Waals surface area contributed by atoms with Gasteiger partial charge in [-0.3, -0.25) is 9.36 Å². The highest BCUT2D eigenvalue weighted by molar-refractivity contribution is 5.79. The summed E-state index contributed by atoms with van der Waals surface area (Å²) in [6.07, 6.45) is 3.75. The first-order valence-electron chi connectivity index (χ1n) is 7.25. The number of hydrogen-bond donors (Lipinski definition) is 2. The van der Waals surface area contributed by atoms with Crippen molar-refractivity contribution in [2.24, 2.45) is 11.8 Å². The van der Waals surface area contributed by atoms with Crippen LogP contribution in [0.4, 0.5) is 0 Å². The minimum Gasteiger partial charge on any atom is -0.352 e. The summed E-state index contributed by atoms with van der Waals surface area (Å²) < 4.78 is 1.84. The maximum atomic E-state index is 12.1. The second kappa shape index (κ2) is 4.96.